The van der Waals surface area contributed by atoms with Gasteiger partial charge in [-0.15, -0.1) is 0 Å². The van der Waals surface area contributed by atoms with Crippen molar-refractivity contribution in [3.63, 3.8) is 0 Å². The molecule has 3 rings (SSSR count). The minimum absolute atomic E-state index is 0.173. The van der Waals surface area contributed by atoms with Crippen LogP contribution in [0.25, 0.3) is 0 Å². The number of piperidine rings is 1. The number of nitrogens with zero attached hydrogens (tertiary/aromatic N) is 1. The molecule has 0 aliphatic carbocycles. The van der Waals surface area contributed by atoms with Gasteiger partial charge in [0, 0.05) is 25.0 Å². The molecular formula is C18H22N2O. The maximum absolute atomic E-state index is 12.5. The van der Waals surface area contributed by atoms with Gasteiger partial charge >= 0.3 is 0 Å². The number of aryl methyl sites for hydroxylation is 1. The molecule has 3 heteroatoms. The van der Waals surface area contributed by atoms with Gasteiger partial charge in [-0.25, -0.2) is 0 Å². The molecule has 0 saturated carbocycles. The summed E-state index contributed by atoms with van der Waals surface area (Å²) < 4.78 is 0. The number of rotatable bonds is 3. The number of likely N-dealkylation sites (tertiary alicyclic amines) is 1. The van der Waals surface area contributed by atoms with Gasteiger partial charge in [-0.1, -0.05) is 30.3 Å². The lowest BCUT2D eigenvalue weighted by Crippen LogP contribution is -2.39. The smallest absolute Gasteiger partial charge is 0.255 e. The van der Waals surface area contributed by atoms with Crippen molar-refractivity contribution in [3.05, 3.63) is 59.4 Å². The minimum atomic E-state index is 0.173. The predicted octanol–water partition coefficient (Wildman–Crippen LogP) is 3.42. The third kappa shape index (κ3) is 3.18. The largest absolute Gasteiger partial charge is 0.365 e. The van der Waals surface area contributed by atoms with E-state index in [1.54, 1.807) is 0 Å². The van der Waals surface area contributed by atoms with Gasteiger partial charge < -0.3 is 9.88 Å². The fraction of sp³-hybridized carbons (Fsp3) is 0.389. The molecule has 1 N–H and O–H groups in total. The highest BCUT2D eigenvalue weighted by atomic mass is 16.2. The third-order valence-electron chi connectivity index (χ3n) is 4.45. The maximum Gasteiger partial charge on any atom is 0.255 e. The summed E-state index contributed by atoms with van der Waals surface area (Å²) in [5, 5.41) is 0. The van der Waals surface area contributed by atoms with Gasteiger partial charge in [-0.2, -0.15) is 0 Å². The fourth-order valence-electron chi connectivity index (χ4n) is 3.14. The van der Waals surface area contributed by atoms with E-state index >= 15 is 0 Å². The summed E-state index contributed by atoms with van der Waals surface area (Å²) in [6, 6.07) is 12.5. The Bertz CT molecular complexity index is 595. The van der Waals surface area contributed by atoms with Gasteiger partial charge in [0.05, 0.1) is 5.56 Å². The summed E-state index contributed by atoms with van der Waals surface area (Å²) in [4.78, 5) is 17.5. The van der Waals surface area contributed by atoms with Crippen LogP contribution in [0.3, 0.4) is 0 Å². The lowest BCUT2D eigenvalue weighted by Gasteiger charge is -2.32. The number of aromatic nitrogens is 1. The van der Waals surface area contributed by atoms with Gasteiger partial charge in [-0.3, -0.25) is 4.79 Å². The highest BCUT2D eigenvalue weighted by molar-refractivity contribution is 5.95. The summed E-state index contributed by atoms with van der Waals surface area (Å²) >= 11 is 0. The Kier molecular flexibility index (Phi) is 4.09. The number of hydrogen-bond acceptors (Lipinski definition) is 1. The summed E-state index contributed by atoms with van der Waals surface area (Å²) in [5.41, 5.74) is 3.19. The van der Waals surface area contributed by atoms with Crippen molar-refractivity contribution in [2.45, 2.75) is 26.2 Å². The highest BCUT2D eigenvalue weighted by Crippen LogP contribution is 2.23. The van der Waals surface area contributed by atoms with Crippen LogP contribution in [0.2, 0.25) is 0 Å². The van der Waals surface area contributed by atoms with Crippen LogP contribution in [-0.4, -0.2) is 28.9 Å². The summed E-state index contributed by atoms with van der Waals surface area (Å²) in [6.45, 7) is 3.71. The van der Waals surface area contributed by atoms with E-state index in [1.165, 1.54) is 5.56 Å². The van der Waals surface area contributed by atoms with Crippen molar-refractivity contribution in [3.8, 4) is 0 Å². The standard InChI is InChI=1S/C18H22N2O/c1-14-17(7-10-19-14)18(21)20-11-8-16(9-12-20)13-15-5-3-2-4-6-15/h2-7,10,16,19H,8-9,11-13H2,1H3. The molecule has 1 aromatic carbocycles. The van der Waals surface area contributed by atoms with Crippen LogP contribution in [-0.2, 0) is 6.42 Å². The van der Waals surface area contributed by atoms with E-state index in [9.17, 15) is 4.79 Å². The van der Waals surface area contributed by atoms with Crippen LogP contribution in [0.4, 0.5) is 0 Å². The molecule has 0 unspecified atom stereocenters. The molecule has 2 heterocycles. The van der Waals surface area contributed by atoms with E-state index in [2.05, 4.69) is 35.3 Å². The first kappa shape index (κ1) is 13.9. The number of carbonyl (C=O) groups is 1. The normalized spacial score (nSPS) is 16.1. The molecule has 1 aliphatic rings. The van der Waals surface area contributed by atoms with E-state index in [1.807, 2.05) is 24.1 Å². The Balaban J connectivity index is 1.56. The molecular weight excluding hydrogens is 260 g/mol. The molecule has 1 aromatic heterocycles. The van der Waals surface area contributed by atoms with Crippen LogP contribution in [0.15, 0.2) is 42.6 Å². The van der Waals surface area contributed by atoms with Crippen molar-refractivity contribution >= 4 is 5.91 Å². The summed E-state index contributed by atoms with van der Waals surface area (Å²) in [6.07, 6.45) is 5.17. The zero-order chi connectivity index (χ0) is 14.7. The quantitative estimate of drug-likeness (QED) is 0.920. The molecule has 3 nitrogen and oxygen atoms in total. The first-order valence-electron chi connectivity index (χ1n) is 7.71. The lowest BCUT2D eigenvalue weighted by molar-refractivity contribution is 0.0690. The Morgan fingerprint density at radius 3 is 2.52 bits per heavy atom. The molecule has 1 aliphatic heterocycles. The van der Waals surface area contributed by atoms with E-state index in [0.29, 0.717) is 5.92 Å². The number of benzene rings is 1. The van der Waals surface area contributed by atoms with Gasteiger partial charge in [0.25, 0.3) is 5.91 Å². The maximum atomic E-state index is 12.5. The van der Waals surface area contributed by atoms with Crippen molar-refractivity contribution in [1.29, 1.82) is 0 Å². The zero-order valence-corrected chi connectivity index (χ0v) is 12.5. The fourth-order valence-corrected chi connectivity index (χ4v) is 3.14. The van der Waals surface area contributed by atoms with Crippen molar-refractivity contribution < 1.29 is 4.79 Å². The van der Waals surface area contributed by atoms with Gasteiger partial charge in [0.1, 0.15) is 0 Å². The van der Waals surface area contributed by atoms with E-state index in [0.717, 1.165) is 43.6 Å². The van der Waals surface area contributed by atoms with Crippen LogP contribution < -0.4 is 0 Å². The molecule has 0 bridgehead atoms. The molecule has 1 saturated heterocycles. The molecule has 21 heavy (non-hydrogen) atoms. The molecule has 110 valence electrons. The van der Waals surface area contributed by atoms with Crippen molar-refractivity contribution in [1.82, 2.24) is 9.88 Å². The van der Waals surface area contributed by atoms with E-state index in [-0.39, 0.29) is 5.91 Å². The average molecular weight is 282 g/mol. The van der Waals surface area contributed by atoms with E-state index < -0.39 is 0 Å². The van der Waals surface area contributed by atoms with Gasteiger partial charge in [0.15, 0.2) is 0 Å². The van der Waals surface area contributed by atoms with E-state index in [4.69, 9.17) is 0 Å². The number of H-pyrrole nitrogens is 1. The Labute approximate surface area is 126 Å². The number of carbonyl (C=O) groups excluding carboxylic acids is 1. The van der Waals surface area contributed by atoms with Crippen molar-refractivity contribution in [2.75, 3.05) is 13.1 Å². The second-order valence-electron chi connectivity index (χ2n) is 5.94. The lowest BCUT2D eigenvalue weighted by atomic mass is 9.90. The monoisotopic (exact) mass is 282 g/mol. The SMILES string of the molecule is Cc1[nH]ccc1C(=O)N1CCC(Cc2ccccc2)CC1. The number of amides is 1. The summed E-state index contributed by atoms with van der Waals surface area (Å²) in [7, 11) is 0. The van der Waals surface area contributed by atoms with Gasteiger partial charge in [-0.05, 0) is 43.7 Å². The second-order valence-corrected chi connectivity index (χ2v) is 5.94. The summed E-state index contributed by atoms with van der Waals surface area (Å²) in [5.74, 6) is 0.871. The average Bonchev–Trinajstić information content (AvgIpc) is 2.94. The van der Waals surface area contributed by atoms with Crippen LogP contribution in [0, 0.1) is 12.8 Å². The first-order chi connectivity index (χ1) is 10.2. The number of nitrogens with one attached hydrogen (secondary N) is 1. The Hall–Kier alpha value is -2.03. The molecule has 1 amide bonds. The van der Waals surface area contributed by atoms with Crippen LogP contribution >= 0.6 is 0 Å². The molecule has 0 atom stereocenters. The Morgan fingerprint density at radius 1 is 1.19 bits per heavy atom. The second kappa shape index (κ2) is 6.17. The predicted molar refractivity (Wildman–Crippen MR) is 84.3 cm³/mol. The minimum Gasteiger partial charge on any atom is -0.365 e. The van der Waals surface area contributed by atoms with Gasteiger partial charge in [0.2, 0.25) is 0 Å². The Morgan fingerprint density at radius 2 is 1.90 bits per heavy atom. The first-order valence-corrected chi connectivity index (χ1v) is 7.71. The molecule has 2 aromatic rings. The molecule has 1 fully saturated rings. The molecule has 0 spiro atoms. The number of aromatic amines is 1. The highest BCUT2D eigenvalue weighted by Gasteiger charge is 2.24. The molecule has 0 radical (unpaired) electrons. The topological polar surface area (TPSA) is 36.1 Å². The van der Waals surface area contributed by atoms with Crippen molar-refractivity contribution in [2.24, 2.45) is 5.92 Å². The number of hydrogen-bond donors (Lipinski definition) is 1. The van der Waals surface area contributed by atoms with Crippen LogP contribution in [0.5, 0.6) is 0 Å². The van der Waals surface area contributed by atoms with Crippen LogP contribution in [0.1, 0.15) is 34.5 Å². The third-order valence-corrected chi connectivity index (χ3v) is 4.45. The zero-order valence-electron chi connectivity index (χ0n) is 12.5.